The number of para-hydroxylation sites is 1. The summed E-state index contributed by atoms with van der Waals surface area (Å²) in [7, 11) is 1.64. The van der Waals surface area contributed by atoms with Gasteiger partial charge in [-0.1, -0.05) is 18.2 Å². The lowest BCUT2D eigenvalue weighted by Gasteiger charge is -2.37. The zero-order valence-corrected chi connectivity index (χ0v) is 12.6. The second-order valence-electron chi connectivity index (χ2n) is 5.50. The number of ether oxygens (including phenoxy) is 1. The van der Waals surface area contributed by atoms with Crippen molar-refractivity contribution < 1.29 is 9.53 Å². The van der Waals surface area contributed by atoms with E-state index in [1.54, 1.807) is 7.11 Å². The summed E-state index contributed by atoms with van der Waals surface area (Å²) in [5.74, 6) is 0.986. The molecule has 0 spiro atoms. The van der Waals surface area contributed by atoms with Gasteiger partial charge >= 0.3 is 0 Å². The highest BCUT2D eigenvalue weighted by Gasteiger charge is 2.22. The number of benzene rings is 1. The molecular formula is C16H24N2O2. The van der Waals surface area contributed by atoms with E-state index < -0.39 is 0 Å². The van der Waals surface area contributed by atoms with E-state index in [2.05, 4.69) is 18.7 Å². The highest BCUT2D eigenvalue weighted by molar-refractivity contribution is 5.79. The Morgan fingerprint density at radius 3 is 2.45 bits per heavy atom. The molecule has 0 saturated carbocycles. The fourth-order valence-electron chi connectivity index (χ4n) is 2.61. The summed E-state index contributed by atoms with van der Waals surface area (Å²) >= 11 is 0. The van der Waals surface area contributed by atoms with Gasteiger partial charge in [-0.25, -0.2) is 0 Å². The number of piperazine rings is 1. The highest BCUT2D eigenvalue weighted by Crippen LogP contribution is 2.19. The molecule has 2 rings (SSSR count). The molecule has 1 aromatic rings. The first-order valence-electron chi connectivity index (χ1n) is 7.25. The van der Waals surface area contributed by atoms with Crippen LogP contribution in [0.4, 0.5) is 0 Å². The number of nitrogens with zero attached hydrogens (tertiary/aromatic N) is 2. The first kappa shape index (κ1) is 14.9. The normalized spacial score (nSPS) is 16.5. The zero-order valence-electron chi connectivity index (χ0n) is 12.6. The minimum Gasteiger partial charge on any atom is -0.496 e. The maximum Gasteiger partial charge on any atom is 0.227 e. The third-order valence-corrected chi connectivity index (χ3v) is 3.93. The van der Waals surface area contributed by atoms with Crippen LogP contribution in [-0.2, 0) is 11.2 Å². The van der Waals surface area contributed by atoms with Gasteiger partial charge in [-0.3, -0.25) is 9.69 Å². The van der Waals surface area contributed by atoms with E-state index in [9.17, 15) is 4.79 Å². The third kappa shape index (κ3) is 3.51. The number of carbonyl (C=O) groups is 1. The van der Waals surface area contributed by atoms with E-state index in [0.717, 1.165) is 37.5 Å². The summed E-state index contributed by atoms with van der Waals surface area (Å²) in [4.78, 5) is 16.7. The number of rotatable bonds is 4. The molecular weight excluding hydrogens is 252 g/mol. The Bertz CT molecular complexity index is 452. The number of hydrogen-bond acceptors (Lipinski definition) is 3. The van der Waals surface area contributed by atoms with Gasteiger partial charge in [-0.05, 0) is 19.9 Å². The maximum atomic E-state index is 12.4. The van der Waals surface area contributed by atoms with Crippen molar-refractivity contribution in [1.82, 2.24) is 9.80 Å². The molecule has 4 heteroatoms. The second-order valence-corrected chi connectivity index (χ2v) is 5.50. The molecule has 1 fully saturated rings. The first-order chi connectivity index (χ1) is 9.61. The molecule has 1 aliphatic rings. The fourth-order valence-corrected chi connectivity index (χ4v) is 2.61. The van der Waals surface area contributed by atoms with Gasteiger partial charge in [0.1, 0.15) is 5.75 Å². The number of methoxy groups -OCH3 is 1. The average molecular weight is 276 g/mol. The SMILES string of the molecule is COc1ccccc1CC(=O)N1CCN(C(C)C)CC1. The smallest absolute Gasteiger partial charge is 0.227 e. The molecule has 0 radical (unpaired) electrons. The van der Waals surface area contributed by atoms with Crippen molar-refractivity contribution in [2.75, 3.05) is 33.3 Å². The van der Waals surface area contributed by atoms with E-state index in [1.807, 2.05) is 29.2 Å². The van der Waals surface area contributed by atoms with Crippen LogP contribution in [0.2, 0.25) is 0 Å². The summed E-state index contributed by atoms with van der Waals surface area (Å²) in [6.45, 7) is 7.99. The van der Waals surface area contributed by atoms with Gasteiger partial charge in [-0.15, -0.1) is 0 Å². The van der Waals surface area contributed by atoms with E-state index in [4.69, 9.17) is 4.74 Å². The molecule has 0 N–H and O–H groups in total. The van der Waals surface area contributed by atoms with Crippen molar-refractivity contribution in [2.24, 2.45) is 0 Å². The van der Waals surface area contributed by atoms with Crippen molar-refractivity contribution in [2.45, 2.75) is 26.3 Å². The molecule has 1 heterocycles. The second kappa shape index (κ2) is 6.75. The standard InChI is InChI=1S/C16H24N2O2/c1-13(2)17-8-10-18(11-9-17)16(19)12-14-6-4-5-7-15(14)20-3/h4-7,13H,8-12H2,1-3H3. The van der Waals surface area contributed by atoms with Gasteiger partial charge in [0.05, 0.1) is 13.5 Å². The summed E-state index contributed by atoms with van der Waals surface area (Å²) in [6.07, 6.45) is 0.422. The monoisotopic (exact) mass is 276 g/mol. The van der Waals surface area contributed by atoms with Crippen molar-refractivity contribution in [3.8, 4) is 5.75 Å². The van der Waals surface area contributed by atoms with Crippen LogP contribution in [0.15, 0.2) is 24.3 Å². The molecule has 1 amide bonds. The van der Waals surface area contributed by atoms with Crippen LogP contribution in [0.3, 0.4) is 0 Å². The Morgan fingerprint density at radius 2 is 1.85 bits per heavy atom. The van der Waals surface area contributed by atoms with Crippen molar-refractivity contribution in [3.63, 3.8) is 0 Å². The Hall–Kier alpha value is -1.55. The zero-order chi connectivity index (χ0) is 14.5. The third-order valence-electron chi connectivity index (χ3n) is 3.93. The average Bonchev–Trinajstić information content (AvgIpc) is 2.48. The molecule has 0 unspecified atom stereocenters. The molecule has 4 nitrogen and oxygen atoms in total. The van der Waals surface area contributed by atoms with E-state index in [1.165, 1.54) is 0 Å². The highest BCUT2D eigenvalue weighted by atomic mass is 16.5. The lowest BCUT2D eigenvalue weighted by molar-refractivity contribution is -0.132. The predicted octanol–water partition coefficient (Wildman–Crippen LogP) is 1.79. The molecule has 1 aliphatic heterocycles. The topological polar surface area (TPSA) is 32.8 Å². The van der Waals surface area contributed by atoms with E-state index >= 15 is 0 Å². The molecule has 0 aromatic heterocycles. The number of carbonyl (C=O) groups excluding carboxylic acids is 1. The Kier molecular flexibility index (Phi) is 5.01. The van der Waals surface area contributed by atoms with Gasteiger partial charge < -0.3 is 9.64 Å². The minimum atomic E-state index is 0.193. The van der Waals surface area contributed by atoms with Crippen LogP contribution in [0.25, 0.3) is 0 Å². The largest absolute Gasteiger partial charge is 0.496 e. The minimum absolute atomic E-state index is 0.193. The number of hydrogen-bond donors (Lipinski definition) is 0. The fraction of sp³-hybridized carbons (Fsp3) is 0.562. The van der Waals surface area contributed by atoms with Crippen LogP contribution in [0.1, 0.15) is 19.4 Å². The van der Waals surface area contributed by atoms with Crippen LogP contribution < -0.4 is 4.74 Å². The molecule has 0 bridgehead atoms. The molecule has 0 aliphatic carbocycles. The van der Waals surface area contributed by atoms with Crippen LogP contribution in [0.5, 0.6) is 5.75 Å². The van der Waals surface area contributed by atoms with Crippen molar-refractivity contribution in [3.05, 3.63) is 29.8 Å². The summed E-state index contributed by atoms with van der Waals surface area (Å²) in [6, 6.07) is 8.29. The van der Waals surface area contributed by atoms with Crippen molar-refractivity contribution >= 4 is 5.91 Å². The quantitative estimate of drug-likeness (QED) is 0.840. The molecule has 1 saturated heterocycles. The lowest BCUT2D eigenvalue weighted by Crippen LogP contribution is -2.51. The Labute approximate surface area is 121 Å². The number of amides is 1. The predicted molar refractivity (Wildman–Crippen MR) is 80.0 cm³/mol. The van der Waals surface area contributed by atoms with Crippen LogP contribution in [-0.4, -0.2) is 55.0 Å². The van der Waals surface area contributed by atoms with Crippen LogP contribution >= 0.6 is 0 Å². The van der Waals surface area contributed by atoms with Gasteiger partial charge in [-0.2, -0.15) is 0 Å². The van der Waals surface area contributed by atoms with Gasteiger partial charge in [0.2, 0.25) is 5.91 Å². The Balaban J connectivity index is 1.93. The molecule has 1 aromatic carbocycles. The van der Waals surface area contributed by atoms with Gasteiger partial charge in [0, 0.05) is 37.8 Å². The van der Waals surface area contributed by atoms with Gasteiger partial charge in [0.25, 0.3) is 0 Å². The Morgan fingerprint density at radius 1 is 1.20 bits per heavy atom. The summed E-state index contributed by atoms with van der Waals surface area (Å²) in [5, 5.41) is 0. The summed E-state index contributed by atoms with van der Waals surface area (Å²) < 4.78 is 5.30. The van der Waals surface area contributed by atoms with E-state index in [-0.39, 0.29) is 5.91 Å². The molecule has 20 heavy (non-hydrogen) atoms. The molecule has 110 valence electrons. The lowest BCUT2D eigenvalue weighted by atomic mass is 10.1. The first-order valence-corrected chi connectivity index (χ1v) is 7.25. The summed E-state index contributed by atoms with van der Waals surface area (Å²) in [5.41, 5.74) is 0.964. The van der Waals surface area contributed by atoms with E-state index in [0.29, 0.717) is 12.5 Å². The molecule has 0 atom stereocenters. The maximum absolute atomic E-state index is 12.4. The van der Waals surface area contributed by atoms with Gasteiger partial charge in [0.15, 0.2) is 0 Å². The van der Waals surface area contributed by atoms with Crippen molar-refractivity contribution in [1.29, 1.82) is 0 Å². The van der Waals surface area contributed by atoms with Crippen LogP contribution in [0, 0.1) is 0 Å².